The third kappa shape index (κ3) is 7.90. The van der Waals surface area contributed by atoms with Crippen molar-refractivity contribution in [2.45, 2.75) is 52.1 Å². The van der Waals surface area contributed by atoms with E-state index in [9.17, 15) is 14.4 Å². The largest absolute Gasteiger partial charge is 0.497 e. The Bertz CT molecular complexity index is 1260. The van der Waals surface area contributed by atoms with Crippen molar-refractivity contribution in [1.29, 1.82) is 0 Å². The van der Waals surface area contributed by atoms with Crippen molar-refractivity contribution in [3.63, 3.8) is 0 Å². The number of allylic oxidation sites excluding steroid dienone is 1. The number of carbonyl (C=O) groups is 3. The maximum Gasteiger partial charge on any atom is 0.418 e. The van der Waals surface area contributed by atoms with Crippen LogP contribution in [0, 0.1) is 5.92 Å². The lowest BCUT2D eigenvalue weighted by atomic mass is 9.71. The third-order valence-corrected chi connectivity index (χ3v) is 6.37. The first-order valence-corrected chi connectivity index (χ1v) is 13.0. The van der Waals surface area contributed by atoms with Crippen molar-refractivity contribution in [2.24, 2.45) is 5.92 Å². The fourth-order valence-electron chi connectivity index (χ4n) is 4.67. The molecule has 0 N–H and O–H groups in total. The monoisotopic (exact) mass is 527 g/mol. The fourth-order valence-corrected chi connectivity index (χ4v) is 4.67. The van der Waals surface area contributed by atoms with Gasteiger partial charge in [-0.25, -0.2) is 4.79 Å². The normalized spacial score (nSPS) is 13.1. The van der Waals surface area contributed by atoms with Crippen LogP contribution in [0.2, 0.25) is 0 Å². The Morgan fingerprint density at radius 2 is 1.28 bits per heavy atom. The first kappa shape index (κ1) is 29.4. The van der Waals surface area contributed by atoms with Gasteiger partial charge in [-0.05, 0) is 70.0 Å². The topological polar surface area (TPSA) is 72.9 Å². The van der Waals surface area contributed by atoms with Gasteiger partial charge in [0, 0.05) is 18.0 Å². The molecule has 0 heterocycles. The van der Waals surface area contributed by atoms with E-state index in [0.29, 0.717) is 11.4 Å². The lowest BCUT2D eigenvalue weighted by Gasteiger charge is -2.31. The summed E-state index contributed by atoms with van der Waals surface area (Å²) in [6.07, 6.45) is 2.99. The molecule has 0 aliphatic rings. The number of rotatable bonds is 10. The van der Waals surface area contributed by atoms with Crippen molar-refractivity contribution in [3.8, 4) is 5.75 Å². The highest BCUT2D eigenvalue weighted by Crippen LogP contribution is 2.41. The molecule has 2 atom stereocenters. The molecule has 0 unspecified atom stereocenters. The van der Waals surface area contributed by atoms with Crippen LogP contribution in [-0.4, -0.2) is 30.4 Å². The number of benzene rings is 3. The van der Waals surface area contributed by atoms with Crippen molar-refractivity contribution >= 4 is 23.3 Å². The van der Waals surface area contributed by atoms with E-state index in [4.69, 9.17) is 9.47 Å². The van der Waals surface area contributed by atoms with Gasteiger partial charge in [0.15, 0.2) is 0 Å². The molecule has 204 valence electrons. The van der Waals surface area contributed by atoms with Gasteiger partial charge in [0.1, 0.15) is 22.9 Å². The molecular formula is C33H37NO5. The lowest BCUT2D eigenvalue weighted by Crippen LogP contribution is -2.34. The standard InChI is InChI=1S/C33H37NO5/c1-23(35)30(24(2)36)31(26-15-11-8-12-16-26)29(25-13-9-7-10-14-25)21-22-34(32(37)39-33(3,4)5)27-17-19-28(38-6)20-18-27/h7-22,29-31H,1-6H3/b22-21-/t29-,31+/m0/s1. The first-order valence-electron chi connectivity index (χ1n) is 13.0. The smallest absolute Gasteiger partial charge is 0.418 e. The zero-order valence-electron chi connectivity index (χ0n) is 23.5. The Morgan fingerprint density at radius 1 is 0.769 bits per heavy atom. The Balaban J connectivity index is 2.19. The van der Waals surface area contributed by atoms with Gasteiger partial charge in [0.2, 0.25) is 0 Å². The Hall–Kier alpha value is -4.19. The summed E-state index contributed by atoms with van der Waals surface area (Å²) in [6.45, 7) is 8.34. The van der Waals surface area contributed by atoms with Gasteiger partial charge in [-0.15, -0.1) is 0 Å². The molecule has 0 aliphatic heterocycles. The van der Waals surface area contributed by atoms with Crippen LogP contribution in [0.3, 0.4) is 0 Å². The molecule has 0 radical (unpaired) electrons. The predicted molar refractivity (Wildman–Crippen MR) is 154 cm³/mol. The van der Waals surface area contributed by atoms with Crippen molar-refractivity contribution < 1.29 is 23.9 Å². The fraction of sp³-hybridized carbons (Fsp3) is 0.303. The van der Waals surface area contributed by atoms with E-state index in [2.05, 4.69) is 0 Å². The van der Waals surface area contributed by atoms with Gasteiger partial charge >= 0.3 is 6.09 Å². The van der Waals surface area contributed by atoms with Crippen molar-refractivity contribution in [1.82, 2.24) is 0 Å². The minimum Gasteiger partial charge on any atom is -0.497 e. The summed E-state index contributed by atoms with van der Waals surface area (Å²) in [6, 6.07) is 26.3. The number of ketones is 2. The average molecular weight is 528 g/mol. The SMILES string of the molecule is COc1ccc(N(/C=C\[C@@H](c2ccccc2)[C@@H](c2ccccc2)C(C(C)=O)C(C)=O)C(=O)OC(C)(C)C)cc1. The summed E-state index contributed by atoms with van der Waals surface area (Å²) in [5.74, 6) is -1.51. The summed E-state index contributed by atoms with van der Waals surface area (Å²) in [4.78, 5) is 40.6. The number of nitrogens with zero attached hydrogens (tertiary/aromatic N) is 1. The van der Waals surface area contributed by atoms with Crippen LogP contribution in [0.1, 0.15) is 57.6 Å². The van der Waals surface area contributed by atoms with E-state index in [1.807, 2.05) is 87.5 Å². The first-order chi connectivity index (χ1) is 18.5. The second-order valence-electron chi connectivity index (χ2n) is 10.5. The Kier molecular flexibility index (Phi) is 9.83. The number of amides is 1. The van der Waals surface area contributed by atoms with Crippen LogP contribution in [0.4, 0.5) is 10.5 Å². The molecule has 0 saturated heterocycles. The maximum atomic E-state index is 13.4. The van der Waals surface area contributed by atoms with Crippen LogP contribution < -0.4 is 9.64 Å². The molecule has 3 aromatic rings. The molecule has 0 bridgehead atoms. The van der Waals surface area contributed by atoms with Gasteiger partial charge < -0.3 is 9.47 Å². The number of hydrogen-bond acceptors (Lipinski definition) is 5. The number of Topliss-reactive ketones (excluding diaryl/α,β-unsaturated/α-hetero) is 2. The van der Waals surface area contributed by atoms with Crippen LogP contribution in [0.25, 0.3) is 0 Å². The third-order valence-electron chi connectivity index (χ3n) is 6.37. The molecule has 0 aliphatic carbocycles. The molecule has 0 spiro atoms. The maximum absolute atomic E-state index is 13.4. The van der Waals surface area contributed by atoms with E-state index in [-0.39, 0.29) is 11.6 Å². The highest BCUT2D eigenvalue weighted by molar-refractivity contribution is 6.01. The Labute approximate surface area is 231 Å². The molecule has 1 amide bonds. The minimum absolute atomic E-state index is 0.204. The zero-order valence-corrected chi connectivity index (χ0v) is 23.5. The van der Waals surface area contributed by atoms with Gasteiger partial charge in [0.05, 0.1) is 18.7 Å². The number of anilines is 1. The summed E-state index contributed by atoms with van der Waals surface area (Å²) in [7, 11) is 1.58. The van der Waals surface area contributed by atoms with E-state index in [1.54, 1.807) is 37.6 Å². The average Bonchev–Trinajstić information content (AvgIpc) is 2.90. The van der Waals surface area contributed by atoms with E-state index < -0.39 is 29.4 Å². The highest BCUT2D eigenvalue weighted by Gasteiger charge is 2.36. The number of hydrogen-bond donors (Lipinski definition) is 0. The second-order valence-corrected chi connectivity index (χ2v) is 10.5. The number of carbonyl (C=O) groups excluding carboxylic acids is 3. The second kappa shape index (κ2) is 13.1. The molecule has 6 nitrogen and oxygen atoms in total. The molecule has 6 heteroatoms. The van der Waals surface area contributed by atoms with Crippen LogP contribution in [-0.2, 0) is 14.3 Å². The van der Waals surface area contributed by atoms with Crippen molar-refractivity contribution in [3.05, 3.63) is 108 Å². The van der Waals surface area contributed by atoms with Gasteiger partial charge in [-0.3, -0.25) is 14.5 Å². The minimum atomic E-state index is -0.863. The number of ether oxygens (including phenoxy) is 2. The molecule has 3 rings (SSSR count). The zero-order chi connectivity index (χ0) is 28.6. The van der Waals surface area contributed by atoms with Crippen LogP contribution >= 0.6 is 0 Å². The van der Waals surface area contributed by atoms with Crippen molar-refractivity contribution in [2.75, 3.05) is 12.0 Å². The summed E-state index contributed by atoms with van der Waals surface area (Å²) in [5.41, 5.74) is 1.64. The summed E-state index contributed by atoms with van der Waals surface area (Å²) >= 11 is 0. The van der Waals surface area contributed by atoms with E-state index in [0.717, 1.165) is 11.1 Å². The molecule has 39 heavy (non-hydrogen) atoms. The number of methoxy groups -OCH3 is 1. The van der Waals surface area contributed by atoms with Gasteiger partial charge in [-0.1, -0.05) is 66.7 Å². The predicted octanol–water partition coefficient (Wildman–Crippen LogP) is 7.31. The highest BCUT2D eigenvalue weighted by atomic mass is 16.6. The Morgan fingerprint density at radius 3 is 1.74 bits per heavy atom. The molecular weight excluding hydrogens is 490 g/mol. The van der Waals surface area contributed by atoms with E-state index >= 15 is 0 Å². The summed E-state index contributed by atoms with van der Waals surface area (Å²) in [5, 5.41) is 0. The molecule has 0 saturated carbocycles. The quantitative estimate of drug-likeness (QED) is 0.259. The van der Waals surface area contributed by atoms with Crippen LogP contribution in [0.15, 0.2) is 97.2 Å². The lowest BCUT2D eigenvalue weighted by molar-refractivity contribution is -0.131. The van der Waals surface area contributed by atoms with Gasteiger partial charge in [-0.2, -0.15) is 0 Å². The van der Waals surface area contributed by atoms with Gasteiger partial charge in [0.25, 0.3) is 0 Å². The summed E-state index contributed by atoms with van der Waals surface area (Å²) < 4.78 is 11.0. The molecule has 0 aromatic heterocycles. The van der Waals surface area contributed by atoms with E-state index in [1.165, 1.54) is 18.7 Å². The van der Waals surface area contributed by atoms with Crippen LogP contribution in [0.5, 0.6) is 5.75 Å². The molecule has 3 aromatic carbocycles. The molecule has 0 fully saturated rings.